The average molecular weight is 389 g/mol. The number of nitrogens with zero attached hydrogens (tertiary/aromatic N) is 1. The SMILES string of the molecule is O=C(Cc1cccc(Nc2ccccc2Cl)c1)Sc1n[nH]c(=O)[nH]c1=O. The van der Waals surface area contributed by atoms with E-state index in [2.05, 4.69) is 15.5 Å². The third-order valence-corrected chi connectivity index (χ3v) is 4.49. The highest BCUT2D eigenvalue weighted by Crippen LogP contribution is 2.25. The lowest BCUT2D eigenvalue weighted by molar-refractivity contribution is -0.110. The Balaban J connectivity index is 1.70. The number of hydrogen-bond donors (Lipinski definition) is 3. The summed E-state index contributed by atoms with van der Waals surface area (Å²) in [6, 6.07) is 14.6. The second-order valence-electron chi connectivity index (χ2n) is 5.27. The van der Waals surface area contributed by atoms with Crippen molar-refractivity contribution >= 4 is 39.9 Å². The van der Waals surface area contributed by atoms with Crippen LogP contribution in [0, 0.1) is 0 Å². The van der Waals surface area contributed by atoms with Gasteiger partial charge in [0.05, 0.1) is 10.7 Å². The van der Waals surface area contributed by atoms with E-state index in [1.807, 2.05) is 41.4 Å². The van der Waals surface area contributed by atoms with Gasteiger partial charge in [-0.05, 0) is 41.6 Å². The number of nitrogens with one attached hydrogen (secondary N) is 3. The van der Waals surface area contributed by atoms with Crippen LogP contribution in [0.2, 0.25) is 5.02 Å². The number of aromatic amines is 2. The maximum Gasteiger partial charge on any atom is 0.342 e. The van der Waals surface area contributed by atoms with Crippen LogP contribution in [-0.4, -0.2) is 20.3 Å². The third-order valence-electron chi connectivity index (χ3n) is 3.32. The van der Waals surface area contributed by atoms with E-state index in [1.165, 1.54) is 0 Å². The summed E-state index contributed by atoms with van der Waals surface area (Å²) >= 11 is 6.81. The van der Waals surface area contributed by atoms with Gasteiger partial charge < -0.3 is 5.32 Å². The molecule has 9 heteroatoms. The molecule has 26 heavy (non-hydrogen) atoms. The summed E-state index contributed by atoms with van der Waals surface area (Å²) in [5.41, 5.74) is 0.899. The standard InChI is InChI=1S/C17H13ClN4O3S/c18-12-6-1-2-7-13(12)19-11-5-3-4-10(8-11)9-14(23)26-16-15(24)20-17(25)22-21-16/h1-8,19H,9H2,(H2,20,22,24,25). The molecule has 2 aromatic carbocycles. The number of halogens is 1. The number of rotatable bonds is 5. The molecule has 0 aliphatic carbocycles. The van der Waals surface area contributed by atoms with Crippen LogP contribution in [0.4, 0.5) is 11.4 Å². The van der Waals surface area contributed by atoms with Crippen LogP contribution in [0.1, 0.15) is 5.56 Å². The molecule has 0 unspecified atom stereocenters. The molecule has 0 saturated carbocycles. The summed E-state index contributed by atoms with van der Waals surface area (Å²) in [6.07, 6.45) is 0.100. The van der Waals surface area contributed by atoms with E-state index >= 15 is 0 Å². The smallest absolute Gasteiger partial charge is 0.342 e. The van der Waals surface area contributed by atoms with Gasteiger partial charge in [0.2, 0.25) is 0 Å². The minimum Gasteiger partial charge on any atom is -0.354 e. The minimum atomic E-state index is -0.717. The molecule has 0 spiro atoms. The molecule has 3 N–H and O–H groups in total. The van der Waals surface area contributed by atoms with E-state index in [9.17, 15) is 14.4 Å². The predicted molar refractivity (Wildman–Crippen MR) is 101 cm³/mol. The molecular weight excluding hydrogens is 376 g/mol. The van der Waals surface area contributed by atoms with Gasteiger partial charge in [0.1, 0.15) is 0 Å². The van der Waals surface area contributed by atoms with Crippen LogP contribution < -0.4 is 16.6 Å². The van der Waals surface area contributed by atoms with E-state index in [1.54, 1.807) is 12.1 Å². The molecule has 132 valence electrons. The molecule has 0 amide bonds. The molecule has 0 radical (unpaired) electrons. The fourth-order valence-electron chi connectivity index (χ4n) is 2.19. The van der Waals surface area contributed by atoms with Crippen molar-refractivity contribution in [3.8, 4) is 0 Å². The van der Waals surface area contributed by atoms with E-state index in [0.29, 0.717) is 16.8 Å². The lowest BCUT2D eigenvalue weighted by Gasteiger charge is -2.09. The van der Waals surface area contributed by atoms with Gasteiger partial charge >= 0.3 is 5.69 Å². The summed E-state index contributed by atoms with van der Waals surface area (Å²) in [5.74, 6) is 0. The summed E-state index contributed by atoms with van der Waals surface area (Å²) in [5, 5.41) is 9.09. The van der Waals surface area contributed by atoms with Crippen molar-refractivity contribution in [1.29, 1.82) is 0 Å². The predicted octanol–water partition coefficient (Wildman–Crippen LogP) is 2.72. The molecule has 0 fully saturated rings. The molecule has 0 aliphatic rings. The van der Waals surface area contributed by atoms with Crippen molar-refractivity contribution in [3.05, 3.63) is 80.0 Å². The van der Waals surface area contributed by atoms with Gasteiger partial charge in [-0.25, -0.2) is 9.89 Å². The van der Waals surface area contributed by atoms with Crippen molar-refractivity contribution in [3.63, 3.8) is 0 Å². The Morgan fingerprint density at radius 1 is 1.15 bits per heavy atom. The molecule has 0 saturated heterocycles. The fraction of sp³-hybridized carbons (Fsp3) is 0.0588. The number of carbonyl (C=O) groups is 1. The topological polar surface area (TPSA) is 108 Å². The van der Waals surface area contributed by atoms with Gasteiger partial charge in [0.15, 0.2) is 10.1 Å². The normalized spacial score (nSPS) is 10.5. The molecule has 1 aromatic heterocycles. The van der Waals surface area contributed by atoms with E-state index in [0.717, 1.165) is 16.9 Å². The fourth-order valence-corrected chi connectivity index (χ4v) is 3.07. The van der Waals surface area contributed by atoms with Crippen molar-refractivity contribution in [2.45, 2.75) is 11.4 Å². The third kappa shape index (κ3) is 4.62. The van der Waals surface area contributed by atoms with Gasteiger partial charge in [0.25, 0.3) is 5.56 Å². The van der Waals surface area contributed by atoms with Crippen molar-refractivity contribution in [2.24, 2.45) is 0 Å². The molecule has 3 rings (SSSR count). The number of hydrogen-bond acceptors (Lipinski definition) is 6. The molecule has 1 heterocycles. The number of aromatic nitrogens is 3. The minimum absolute atomic E-state index is 0.0973. The van der Waals surface area contributed by atoms with Crippen LogP contribution in [0.15, 0.2) is 63.1 Å². The summed E-state index contributed by atoms with van der Waals surface area (Å²) in [4.78, 5) is 36.7. The van der Waals surface area contributed by atoms with Crippen LogP contribution in [0.3, 0.4) is 0 Å². The van der Waals surface area contributed by atoms with E-state index < -0.39 is 11.2 Å². The highest BCUT2D eigenvalue weighted by Gasteiger charge is 2.12. The molecule has 3 aromatic rings. The van der Waals surface area contributed by atoms with Gasteiger partial charge in [-0.1, -0.05) is 35.9 Å². The summed E-state index contributed by atoms with van der Waals surface area (Å²) < 4.78 is 0. The Morgan fingerprint density at radius 3 is 2.73 bits per heavy atom. The van der Waals surface area contributed by atoms with Crippen molar-refractivity contribution in [2.75, 3.05) is 5.32 Å². The Labute approximate surface area is 156 Å². The second kappa shape index (κ2) is 8.03. The van der Waals surface area contributed by atoms with Crippen molar-refractivity contribution < 1.29 is 4.79 Å². The average Bonchev–Trinajstić information content (AvgIpc) is 2.60. The lowest BCUT2D eigenvalue weighted by atomic mass is 10.1. The van der Waals surface area contributed by atoms with Crippen LogP contribution in [0.5, 0.6) is 0 Å². The molecule has 0 bridgehead atoms. The van der Waals surface area contributed by atoms with Crippen LogP contribution in [-0.2, 0) is 11.2 Å². The Bertz CT molecular complexity index is 1060. The first-order valence-corrected chi connectivity index (χ1v) is 8.71. The largest absolute Gasteiger partial charge is 0.354 e. The van der Waals surface area contributed by atoms with E-state index in [4.69, 9.17) is 11.6 Å². The van der Waals surface area contributed by atoms with Gasteiger partial charge in [-0.15, -0.1) is 0 Å². The Hall–Kier alpha value is -2.84. The van der Waals surface area contributed by atoms with Crippen molar-refractivity contribution in [1.82, 2.24) is 15.2 Å². The first-order chi connectivity index (χ1) is 12.5. The van der Waals surface area contributed by atoms with E-state index in [-0.39, 0.29) is 16.6 Å². The highest BCUT2D eigenvalue weighted by molar-refractivity contribution is 8.13. The summed E-state index contributed by atoms with van der Waals surface area (Å²) in [7, 11) is 0. The maximum atomic E-state index is 12.2. The maximum absolute atomic E-state index is 12.2. The number of H-pyrrole nitrogens is 2. The number of benzene rings is 2. The number of para-hydroxylation sites is 1. The second-order valence-corrected chi connectivity index (χ2v) is 6.72. The van der Waals surface area contributed by atoms with Crippen LogP contribution in [0.25, 0.3) is 0 Å². The molecular formula is C17H13ClN4O3S. The number of anilines is 2. The monoisotopic (exact) mass is 388 g/mol. The highest BCUT2D eigenvalue weighted by atomic mass is 35.5. The number of thioether (sulfide) groups is 1. The molecule has 0 aliphatic heterocycles. The summed E-state index contributed by atoms with van der Waals surface area (Å²) in [6.45, 7) is 0. The number of carbonyl (C=O) groups excluding carboxylic acids is 1. The Kier molecular flexibility index (Phi) is 5.55. The van der Waals surface area contributed by atoms with Gasteiger partial charge in [-0.3, -0.25) is 14.6 Å². The lowest BCUT2D eigenvalue weighted by Crippen LogP contribution is -2.25. The van der Waals surface area contributed by atoms with Gasteiger partial charge in [-0.2, -0.15) is 5.10 Å². The van der Waals surface area contributed by atoms with Gasteiger partial charge in [0, 0.05) is 12.1 Å². The first-order valence-electron chi connectivity index (χ1n) is 7.51. The van der Waals surface area contributed by atoms with Crippen LogP contribution >= 0.6 is 23.4 Å². The zero-order chi connectivity index (χ0) is 18.5. The zero-order valence-corrected chi connectivity index (χ0v) is 14.9. The quantitative estimate of drug-likeness (QED) is 0.580. The molecule has 7 nitrogen and oxygen atoms in total. The Morgan fingerprint density at radius 2 is 1.96 bits per heavy atom. The zero-order valence-electron chi connectivity index (χ0n) is 13.3. The molecule has 0 atom stereocenters. The first kappa shape index (κ1) is 18.0.